The number of carboxylic acid groups (broad SMARTS) is 1. The Hall–Kier alpha value is -3.10. The van der Waals surface area contributed by atoms with Crippen molar-refractivity contribution in [2.45, 2.75) is 18.7 Å². The van der Waals surface area contributed by atoms with Crippen LogP contribution in [0.15, 0.2) is 63.7 Å². The molecule has 2 N–H and O–H groups in total. The van der Waals surface area contributed by atoms with Crippen LogP contribution < -0.4 is 0 Å². The zero-order chi connectivity index (χ0) is 19.8. The second-order valence-electron chi connectivity index (χ2n) is 6.07. The maximum atomic E-state index is 11.6. The number of aromatic carboxylic acids is 1. The molecule has 0 bridgehead atoms. The summed E-state index contributed by atoms with van der Waals surface area (Å²) in [4.78, 5) is 11.2. The molecule has 0 unspecified atom stereocenters. The van der Waals surface area contributed by atoms with Crippen LogP contribution in [-0.2, 0) is 10.1 Å². The first-order chi connectivity index (χ1) is 12.7. The lowest BCUT2D eigenvalue weighted by atomic mass is 9.99. The highest BCUT2D eigenvalue weighted by molar-refractivity contribution is 7.86. The van der Waals surface area contributed by atoms with Crippen molar-refractivity contribution in [1.82, 2.24) is 0 Å². The summed E-state index contributed by atoms with van der Waals surface area (Å²) in [6.07, 6.45) is 0. The zero-order valence-electron chi connectivity index (χ0n) is 14.5. The molecule has 0 saturated heterocycles. The van der Waals surface area contributed by atoms with E-state index >= 15 is 0 Å². The molecule has 3 rings (SSSR count). The Bertz CT molecular complexity index is 1200. The molecule has 138 valence electrons. The number of aryl methyl sites for hydroxylation is 1. The van der Waals surface area contributed by atoms with Gasteiger partial charge in [-0.25, -0.2) is 4.79 Å². The van der Waals surface area contributed by atoms with Crippen molar-refractivity contribution in [3.8, 4) is 0 Å². The van der Waals surface area contributed by atoms with Crippen molar-refractivity contribution in [3.05, 3.63) is 65.2 Å². The third-order valence-electron chi connectivity index (χ3n) is 4.16. The van der Waals surface area contributed by atoms with Crippen molar-refractivity contribution < 1.29 is 22.9 Å². The number of rotatable bonds is 4. The molecular formula is C19H16N2O5S. The Balaban J connectivity index is 2.24. The molecule has 0 fully saturated rings. The van der Waals surface area contributed by atoms with E-state index in [2.05, 4.69) is 10.2 Å². The minimum atomic E-state index is -4.48. The maximum Gasteiger partial charge on any atom is 0.336 e. The zero-order valence-corrected chi connectivity index (χ0v) is 15.4. The molecule has 3 aromatic carbocycles. The van der Waals surface area contributed by atoms with E-state index in [1.807, 2.05) is 0 Å². The largest absolute Gasteiger partial charge is 0.478 e. The van der Waals surface area contributed by atoms with Crippen LogP contribution in [0.5, 0.6) is 0 Å². The number of nitrogens with zero attached hydrogens (tertiary/aromatic N) is 2. The Morgan fingerprint density at radius 2 is 1.70 bits per heavy atom. The number of hydrogen-bond acceptors (Lipinski definition) is 5. The first kappa shape index (κ1) is 18.7. The maximum absolute atomic E-state index is 11.6. The SMILES string of the molecule is Cc1ccc(N=Nc2c(C)c(C(=O)O)cc3ccccc23)c(S(=O)(=O)O)c1. The van der Waals surface area contributed by atoms with Crippen LogP contribution in [0.25, 0.3) is 10.8 Å². The van der Waals surface area contributed by atoms with Gasteiger partial charge in [-0.2, -0.15) is 8.42 Å². The third kappa shape index (κ3) is 3.71. The smallest absolute Gasteiger partial charge is 0.336 e. The summed E-state index contributed by atoms with van der Waals surface area (Å²) in [7, 11) is -4.48. The van der Waals surface area contributed by atoms with Gasteiger partial charge in [0.25, 0.3) is 10.1 Å². The van der Waals surface area contributed by atoms with Gasteiger partial charge in [-0.05, 0) is 48.6 Å². The Labute approximate surface area is 155 Å². The standard InChI is InChI=1S/C19H16N2O5S/c1-11-7-8-16(17(9-11)27(24,25)26)20-21-18-12(2)15(19(22)23)10-13-5-3-4-6-14(13)18/h3-10H,1-2H3,(H,22,23)(H,24,25,26). The molecule has 0 atom stereocenters. The fourth-order valence-corrected chi connectivity index (χ4v) is 3.51. The molecule has 0 aliphatic rings. The van der Waals surface area contributed by atoms with Crippen molar-refractivity contribution in [2.75, 3.05) is 0 Å². The van der Waals surface area contributed by atoms with E-state index in [1.165, 1.54) is 12.1 Å². The van der Waals surface area contributed by atoms with Gasteiger partial charge < -0.3 is 5.11 Å². The predicted molar refractivity (Wildman–Crippen MR) is 101 cm³/mol. The molecule has 0 aliphatic carbocycles. The van der Waals surface area contributed by atoms with E-state index < -0.39 is 16.1 Å². The van der Waals surface area contributed by atoms with Gasteiger partial charge in [-0.3, -0.25) is 4.55 Å². The van der Waals surface area contributed by atoms with E-state index in [4.69, 9.17) is 0 Å². The monoisotopic (exact) mass is 384 g/mol. The molecule has 0 saturated carbocycles. The molecule has 0 aromatic heterocycles. The number of fused-ring (bicyclic) bond motifs is 1. The van der Waals surface area contributed by atoms with Crippen molar-refractivity contribution >= 4 is 38.2 Å². The van der Waals surface area contributed by atoms with Crippen molar-refractivity contribution in [3.63, 3.8) is 0 Å². The van der Waals surface area contributed by atoms with Crippen LogP contribution in [-0.4, -0.2) is 24.0 Å². The van der Waals surface area contributed by atoms with E-state index in [0.29, 0.717) is 27.6 Å². The molecule has 27 heavy (non-hydrogen) atoms. The topological polar surface area (TPSA) is 116 Å². The Morgan fingerprint density at radius 3 is 2.37 bits per heavy atom. The van der Waals surface area contributed by atoms with E-state index in [0.717, 1.165) is 0 Å². The summed E-state index contributed by atoms with van der Waals surface area (Å²) in [6.45, 7) is 3.30. The average Bonchev–Trinajstić information content (AvgIpc) is 2.60. The number of carboxylic acids is 1. The van der Waals surface area contributed by atoms with Gasteiger partial charge in [-0.1, -0.05) is 30.3 Å². The first-order valence-electron chi connectivity index (χ1n) is 7.94. The van der Waals surface area contributed by atoms with Crippen LogP contribution in [0, 0.1) is 13.8 Å². The molecule has 7 nitrogen and oxygen atoms in total. The average molecular weight is 384 g/mol. The second-order valence-corrected chi connectivity index (χ2v) is 7.46. The number of hydrogen-bond donors (Lipinski definition) is 2. The van der Waals surface area contributed by atoms with Gasteiger partial charge in [0.05, 0.1) is 11.3 Å². The predicted octanol–water partition coefficient (Wildman–Crippen LogP) is 4.82. The van der Waals surface area contributed by atoms with E-state index in [-0.39, 0.29) is 16.1 Å². The summed E-state index contributed by atoms with van der Waals surface area (Å²) in [5.74, 6) is -1.09. The van der Waals surface area contributed by atoms with Crippen LogP contribution >= 0.6 is 0 Å². The lowest BCUT2D eigenvalue weighted by Gasteiger charge is -2.09. The molecule has 0 amide bonds. The summed E-state index contributed by atoms with van der Waals surface area (Å²) >= 11 is 0. The molecule has 0 aliphatic heterocycles. The van der Waals surface area contributed by atoms with E-state index in [1.54, 1.807) is 50.2 Å². The summed E-state index contributed by atoms with van der Waals surface area (Å²) in [5, 5.41) is 18.9. The summed E-state index contributed by atoms with van der Waals surface area (Å²) in [6, 6.07) is 13.0. The van der Waals surface area contributed by atoms with Gasteiger partial charge in [-0.15, -0.1) is 10.2 Å². The number of benzene rings is 3. The quantitative estimate of drug-likeness (QED) is 0.494. The summed E-state index contributed by atoms with van der Waals surface area (Å²) < 4.78 is 32.7. The van der Waals surface area contributed by atoms with Gasteiger partial charge in [0.1, 0.15) is 10.6 Å². The molecule has 8 heteroatoms. The third-order valence-corrected chi connectivity index (χ3v) is 5.04. The summed E-state index contributed by atoms with van der Waals surface area (Å²) in [5.41, 5.74) is 1.42. The highest BCUT2D eigenvalue weighted by atomic mass is 32.2. The van der Waals surface area contributed by atoms with Gasteiger partial charge >= 0.3 is 5.97 Å². The number of carbonyl (C=O) groups is 1. The molecule has 0 heterocycles. The molecule has 0 spiro atoms. The highest BCUT2D eigenvalue weighted by Gasteiger charge is 2.17. The fraction of sp³-hybridized carbons (Fsp3) is 0.105. The minimum absolute atomic E-state index is 0.0349. The van der Waals surface area contributed by atoms with Crippen LogP contribution in [0.1, 0.15) is 21.5 Å². The molecule has 0 radical (unpaired) electrons. The van der Waals surface area contributed by atoms with Crippen LogP contribution in [0.2, 0.25) is 0 Å². The Morgan fingerprint density at radius 1 is 1.00 bits per heavy atom. The normalized spacial score (nSPS) is 12.0. The molecular weight excluding hydrogens is 368 g/mol. The fourth-order valence-electron chi connectivity index (χ4n) is 2.80. The lowest BCUT2D eigenvalue weighted by molar-refractivity contribution is 0.0696. The van der Waals surface area contributed by atoms with Gasteiger partial charge in [0.15, 0.2) is 0 Å². The van der Waals surface area contributed by atoms with Crippen LogP contribution in [0.4, 0.5) is 11.4 Å². The minimum Gasteiger partial charge on any atom is -0.478 e. The van der Waals surface area contributed by atoms with Gasteiger partial charge in [0, 0.05) is 5.39 Å². The lowest BCUT2D eigenvalue weighted by Crippen LogP contribution is -2.00. The van der Waals surface area contributed by atoms with Gasteiger partial charge in [0.2, 0.25) is 0 Å². The first-order valence-corrected chi connectivity index (χ1v) is 9.38. The van der Waals surface area contributed by atoms with Crippen molar-refractivity contribution in [2.24, 2.45) is 10.2 Å². The highest BCUT2D eigenvalue weighted by Crippen LogP contribution is 2.35. The number of azo groups is 1. The Kier molecular flexibility index (Phi) is 4.77. The molecule has 3 aromatic rings. The van der Waals surface area contributed by atoms with E-state index in [9.17, 15) is 22.9 Å². The van der Waals surface area contributed by atoms with Crippen molar-refractivity contribution in [1.29, 1.82) is 0 Å². The second kappa shape index (κ2) is 6.90. The van der Waals surface area contributed by atoms with Crippen LogP contribution in [0.3, 0.4) is 0 Å².